The molecule has 0 spiro atoms. The van der Waals surface area contributed by atoms with E-state index in [-0.39, 0.29) is 22.6 Å². The molecule has 0 aliphatic heterocycles. The summed E-state index contributed by atoms with van der Waals surface area (Å²) >= 11 is 11.5. The lowest BCUT2D eigenvalue weighted by Crippen LogP contribution is -2.11. The summed E-state index contributed by atoms with van der Waals surface area (Å²) in [5.74, 6) is 0.0140. The molecule has 0 amide bonds. The molecule has 1 aromatic rings. The van der Waals surface area contributed by atoms with E-state index >= 15 is 0 Å². The first-order chi connectivity index (χ1) is 9.55. The van der Waals surface area contributed by atoms with Gasteiger partial charge in [0.25, 0.3) is 0 Å². The summed E-state index contributed by atoms with van der Waals surface area (Å²) in [4.78, 5) is 9.04. The first-order valence-electron chi connectivity index (χ1n) is 5.85. The molecule has 0 radical (unpaired) electrons. The fraction of sp³-hybridized carbons (Fsp3) is 0.455. The molecule has 6 nitrogen and oxygen atoms in total. The fourth-order valence-corrected chi connectivity index (χ4v) is 4.61. The molecule has 1 N–H and O–H groups in total. The van der Waals surface area contributed by atoms with Crippen molar-refractivity contribution in [3.05, 3.63) is 28.2 Å². The molecule has 1 atom stereocenters. The third kappa shape index (κ3) is 5.87. The predicted molar refractivity (Wildman–Crippen MR) is 80.2 cm³/mol. The Kier molecular flexibility index (Phi) is 6.68. The summed E-state index contributed by atoms with van der Waals surface area (Å²) < 4.78 is 44.9. The van der Waals surface area contributed by atoms with E-state index < -0.39 is 29.0 Å². The monoisotopic (exact) mass is 376 g/mol. The van der Waals surface area contributed by atoms with Gasteiger partial charge in [-0.15, -0.1) is 0 Å². The van der Waals surface area contributed by atoms with Gasteiger partial charge < -0.3 is 9.42 Å². The van der Waals surface area contributed by atoms with E-state index in [4.69, 9.17) is 27.7 Å². The second-order valence-corrected chi connectivity index (χ2v) is 8.74. The van der Waals surface area contributed by atoms with Gasteiger partial charge in [0.2, 0.25) is 0 Å². The Balaban J connectivity index is 2.85. The summed E-state index contributed by atoms with van der Waals surface area (Å²) in [6, 6.07) is 4.10. The zero-order chi connectivity index (χ0) is 16.3. The van der Waals surface area contributed by atoms with Gasteiger partial charge in [0, 0.05) is 0 Å². The second-order valence-electron chi connectivity index (χ2n) is 4.58. The van der Waals surface area contributed by atoms with Gasteiger partial charge in [0.05, 0.1) is 16.7 Å². The van der Waals surface area contributed by atoms with Gasteiger partial charge in [-0.1, -0.05) is 43.1 Å². The summed E-state index contributed by atoms with van der Waals surface area (Å²) in [6.45, 7) is 3.56. The second kappa shape index (κ2) is 7.42. The number of benzene rings is 1. The Morgan fingerprint density at radius 3 is 2.29 bits per heavy atom. The third-order valence-corrected chi connectivity index (χ3v) is 5.55. The van der Waals surface area contributed by atoms with Crippen LogP contribution in [-0.4, -0.2) is 26.3 Å². The quantitative estimate of drug-likeness (QED) is 0.578. The fourth-order valence-electron chi connectivity index (χ4n) is 1.22. The summed E-state index contributed by atoms with van der Waals surface area (Å²) in [5.41, 5.74) is 0. The van der Waals surface area contributed by atoms with Crippen LogP contribution in [0.2, 0.25) is 10.0 Å². The Morgan fingerprint density at radius 1 is 1.29 bits per heavy atom. The molecule has 0 aromatic heterocycles. The highest BCUT2D eigenvalue weighted by atomic mass is 35.5. The average molecular weight is 377 g/mol. The molecule has 120 valence electrons. The molecule has 1 aromatic carbocycles. The SMILES string of the molecule is CC(C)COP(=O)(O)COS(=O)(=O)c1c(Cl)cccc1Cl. The van der Waals surface area contributed by atoms with E-state index in [0.29, 0.717) is 0 Å². The van der Waals surface area contributed by atoms with Crippen molar-refractivity contribution in [2.24, 2.45) is 5.92 Å². The van der Waals surface area contributed by atoms with E-state index in [1.54, 1.807) is 13.8 Å². The van der Waals surface area contributed by atoms with Gasteiger partial charge in [-0.2, -0.15) is 8.42 Å². The lowest BCUT2D eigenvalue weighted by Gasteiger charge is -2.14. The molecule has 0 bridgehead atoms. The highest BCUT2D eigenvalue weighted by Crippen LogP contribution is 2.43. The molecule has 1 rings (SSSR count). The minimum Gasteiger partial charge on any atom is -0.323 e. The summed E-state index contributed by atoms with van der Waals surface area (Å²) in [6.07, 6.45) is -1.01. The maximum atomic E-state index is 12.0. The maximum absolute atomic E-state index is 12.0. The van der Waals surface area contributed by atoms with Crippen molar-refractivity contribution < 1.29 is 26.6 Å². The van der Waals surface area contributed by atoms with E-state index in [1.807, 2.05) is 0 Å². The van der Waals surface area contributed by atoms with E-state index in [0.717, 1.165) is 0 Å². The highest BCUT2D eigenvalue weighted by molar-refractivity contribution is 7.87. The minimum atomic E-state index is -4.37. The molecule has 10 heteroatoms. The van der Waals surface area contributed by atoms with Gasteiger partial charge in [0.15, 0.2) is 6.35 Å². The van der Waals surface area contributed by atoms with Gasteiger partial charge in [-0.25, -0.2) is 0 Å². The van der Waals surface area contributed by atoms with E-state index in [2.05, 4.69) is 4.18 Å². The third-order valence-electron chi connectivity index (χ3n) is 2.15. The van der Waals surface area contributed by atoms with Crippen molar-refractivity contribution >= 4 is 40.9 Å². The van der Waals surface area contributed by atoms with Gasteiger partial charge in [-0.3, -0.25) is 8.75 Å². The number of rotatable bonds is 7. The smallest absolute Gasteiger partial charge is 0.323 e. The predicted octanol–water partition coefficient (Wildman–Crippen LogP) is 3.51. The van der Waals surface area contributed by atoms with Crippen LogP contribution in [-0.2, 0) is 23.4 Å². The van der Waals surface area contributed by atoms with Crippen LogP contribution in [0.3, 0.4) is 0 Å². The zero-order valence-corrected chi connectivity index (χ0v) is 14.5. The van der Waals surface area contributed by atoms with Gasteiger partial charge in [-0.05, 0) is 18.1 Å². The lowest BCUT2D eigenvalue weighted by molar-refractivity contribution is 0.209. The van der Waals surface area contributed by atoms with Crippen LogP contribution in [0.5, 0.6) is 0 Å². The Labute approximate surface area is 133 Å². The molecule has 0 aliphatic carbocycles. The average Bonchev–Trinajstić information content (AvgIpc) is 2.34. The molecule has 0 fully saturated rings. The van der Waals surface area contributed by atoms with Crippen molar-refractivity contribution in [1.82, 2.24) is 0 Å². The number of halogens is 2. The Morgan fingerprint density at radius 2 is 1.81 bits per heavy atom. The van der Waals surface area contributed by atoms with Crippen molar-refractivity contribution in [2.45, 2.75) is 18.7 Å². The molecule has 0 saturated carbocycles. The van der Waals surface area contributed by atoms with Crippen LogP contribution in [0.4, 0.5) is 0 Å². The van der Waals surface area contributed by atoms with Crippen LogP contribution in [0, 0.1) is 5.92 Å². The standard InChI is InChI=1S/C11H15Cl2O6PS/c1-8(2)6-18-20(14,15)7-19-21(16,17)11-9(12)4-3-5-10(11)13/h3-5,8H,6-7H2,1-2H3,(H,14,15). The van der Waals surface area contributed by atoms with Crippen LogP contribution in [0.15, 0.2) is 23.1 Å². The maximum Gasteiger partial charge on any atom is 0.355 e. The number of hydrogen-bond acceptors (Lipinski definition) is 5. The zero-order valence-electron chi connectivity index (χ0n) is 11.3. The first-order valence-corrected chi connectivity index (χ1v) is 9.77. The Bertz CT molecular complexity index is 626. The number of hydrogen-bond donors (Lipinski definition) is 1. The lowest BCUT2D eigenvalue weighted by atomic mass is 10.2. The van der Waals surface area contributed by atoms with Crippen LogP contribution >= 0.6 is 30.8 Å². The van der Waals surface area contributed by atoms with Gasteiger partial charge in [0.1, 0.15) is 4.90 Å². The van der Waals surface area contributed by atoms with Gasteiger partial charge >= 0.3 is 17.7 Å². The van der Waals surface area contributed by atoms with Crippen molar-refractivity contribution in [3.63, 3.8) is 0 Å². The molecule has 0 saturated heterocycles. The molecular weight excluding hydrogens is 362 g/mol. The largest absolute Gasteiger partial charge is 0.355 e. The molecule has 21 heavy (non-hydrogen) atoms. The molecule has 0 heterocycles. The summed E-state index contributed by atoms with van der Waals surface area (Å²) in [7, 11) is -8.55. The van der Waals surface area contributed by atoms with Crippen molar-refractivity contribution in [1.29, 1.82) is 0 Å². The van der Waals surface area contributed by atoms with Crippen LogP contribution < -0.4 is 0 Å². The normalized spacial score (nSPS) is 15.1. The molecule has 0 aliphatic rings. The van der Waals surface area contributed by atoms with Crippen molar-refractivity contribution in [3.8, 4) is 0 Å². The topological polar surface area (TPSA) is 89.9 Å². The molecule has 1 unspecified atom stereocenters. The summed E-state index contributed by atoms with van der Waals surface area (Å²) in [5, 5.41) is -0.281. The molecular formula is C11H15Cl2O6PS. The van der Waals surface area contributed by atoms with Crippen LogP contribution in [0.25, 0.3) is 0 Å². The van der Waals surface area contributed by atoms with Crippen LogP contribution in [0.1, 0.15) is 13.8 Å². The minimum absolute atomic E-state index is 0.00400. The van der Waals surface area contributed by atoms with E-state index in [9.17, 15) is 17.9 Å². The van der Waals surface area contributed by atoms with E-state index in [1.165, 1.54) is 18.2 Å². The highest BCUT2D eigenvalue weighted by Gasteiger charge is 2.28. The Hall–Kier alpha value is -0.140. The van der Waals surface area contributed by atoms with Crippen molar-refractivity contribution in [2.75, 3.05) is 13.0 Å². The first kappa shape index (κ1) is 18.9.